The Bertz CT molecular complexity index is 568. The zero-order chi connectivity index (χ0) is 15.6. The summed E-state index contributed by atoms with van der Waals surface area (Å²) in [4.78, 5) is 27.5. The quantitative estimate of drug-likeness (QED) is 0.473. The van der Waals surface area contributed by atoms with Crippen molar-refractivity contribution >= 4 is 29.1 Å². The number of ether oxygens (including phenoxy) is 2. The summed E-state index contributed by atoms with van der Waals surface area (Å²) >= 11 is 6.05. The summed E-state index contributed by atoms with van der Waals surface area (Å²) in [6, 6.07) is 1.23. The molecule has 1 aliphatic rings. The molecule has 114 valence electrons. The van der Waals surface area contributed by atoms with Crippen LogP contribution >= 0.6 is 11.6 Å². The van der Waals surface area contributed by atoms with E-state index in [2.05, 4.69) is 9.72 Å². The first-order chi connectivity index (χ1) is 9.92. The molecule has 21 heavy (non-hydrogen) atoms. The van der Waals surface area contributed by atoms with Gasteiger partial charge in [-0.1, -0.05) is 11.6 Å². The molecule has 2 atom stereocenters. The van der Waals surface area contributed by atoms with Gasteiger partial charge in [0, 0.05) is 12.6 Å². The average molecular weight is 316 g/mol. The molecule has 2 rings (SSSR count). The van der Waals surface area contributed by atoms with Gasteiger partial charge in [0.1, 0.15) is 12.0 Å². The largest absolute Gasteiger partial charge is 0.467 e. The minimum Gasteiger partial charge on any atom is -0.467 e. The number of carbonyl (C=O) groups excluding carboxylic acids is 1. The van der Waals surface area contributed by atoms with E-state index in [0.29, 0.717) is 12.4 Å². The number of hydrogen-bond donors (Lipinski definition) is 0. The smallest absolute Gasteiger partial charge is 0.336 e. The highest BCUT2D eigenvalue weighted by Gasteiger charge is 2.32. The van der Waals surface area contributed by atoms with Crippen LogP contribution in [0.4, 0.5) is 11.5 Å². The van der Waals surface area contributed by atoms with Crippen LogP contribution in [0, 0.1) is 10.1 Å². The van der Waals surface area contributed by atoms with Gasteiger partial charge in [0.05, 0.1) is 29.7 Å². The molecule has 0 amide bonds. The van der Waals surface area contributed by atoms with E-state index in [-0.39, 0.29) is 23.4 Å². The summed E-state index contributed by atoms with van der Waals surface area (Å²) < 4.78 is 10.2. The number of halogens is 1. The average Bonchev–Trinajstić information content (AvgIpc) is 2.45. The van der Waals surface area contributed by atoms with E-state index < -0.39 is 17.0 Å². The van der Waals surface area contributed by atoms with Gasteiger partial charge in [-0.15, -0.1) is 0 Å². The number of nitrogens with zero attached hydrogens (tertiary/aromatic N) is 3. The summed E-state index contributed by atoms with van der Waals surface area (Å²) in [7, 11) is 1.28. The lowest BCUT2D eigenvalue weighted by molar-refractivity contribution is -0.385. The van der Waals surface area contributed by atoms with Gasteiger partial charge < -0.3 is 14.4 Å². The molecule has 0 N–H and O–H groups in total. The lowest BCUT2D eigenvalue weighted by atomic mass is 10.2. The second kappa shape index (κ2) is 6.23. The van der Waals surface area contributed by atoms with Crippen molar-refractivity contribution in [1.29, 1.82) is 0 Å². The molecule has 0 aliphatic carbocycles. The number of carbonyl (C=O) groups is 1. The fourth-order valence-electron chi connectivity index (χ4n) is 2.14. The van der Waals surface area contributed by atoms with Crippen molar-refractivity contribution in [2.75, 3.05) is 25.1 Å². The van der Waals surface area contributed by atoms with Gasteiger partial charge in [0.2, 0.25) is 0 Å². The molecule has 2 heterocycles. The molecule has 0 aromatic carbocycles. The van der Waals surface area contributed by atoms with E-state index in [0.717, 1.165) is 6.20 Å². The molecule has 1 fully saturated rings. The molecule has 1 aromatic rings. The maximum absolute atomic E-state index is 11.6. The Balaban J connectivity index is 2.24. The monoisotopic (exact) mass is 315 g/mol. The van der Waals surface area contributed by atoms with Crippen molar-refractivity contribution in [1.82, 2.24) is 4.98 Å². The van der Waals surface area contributed by atoms with Crippen LogP contribution < -0.4 is 4.90 Å². The van der Waals surface area contributed by atoms with Crippen LogP contribution in [0.2, 0.25) is 5.02 Å². The van der Waals surface area contributed by atoms with E-state index in [1.165, 1.54) is 13.2 Å². The van der Waals surface area contributed by atoms with Crippen molar-refractivity contribution in [3.63, 3.8) is 0 Å². The summed E-state index contributed by atoms with van der Waals surface area (Å²) in [6.07, 6.45) is 0.164. The van der Waals surface area contributed by atoms with Gasteiger partial charge in [-0.25, -0.2) is 9.78 Å². The Morgan fingerprint density at radius 2 is 2.33 bits per heavy atom. The normalized spacial score (nSPS) is 22.0. The van der Waals surface area contributed by atoms with Gasteiger partial charge in [0.15, 0.2) is 6.10 Å². The lowest BCUT2D eigenvalue weighted by Crippen LogP contribution is -2.50. The standard InChI is InChI=1S/C12H14ClN3O5/c1-7-5-15(6-10(21-7)12(17)20-2)11-9(13)3-8(4-14-11)16(18)19/h3-4,7,10H,5-6H2,1-2H3/t7-,10?/m1/s1. The van der Waals surface area contributed by atoms with Crippen molar-refractivity contribution in [3.05, 3.63) is 27.4 Å². The van der Waals surface area contributed by atoms with Crippen LogP contribution in [0.15, 0.2) is 12.3 Å². The zero-order valence-electron chi connectivity index (χ0n) is 11.5. The number of nitro groups is 1. The summed E-state index contributed by atoms with van der Waals surface area (Å²) in [6.45, 7) is 2.50. The predicted octanol–water partition coefficient (Wildman–Crippen LogP) is 1.41. The summed E-state index contributed by atoms with van der Waals surface area (Å²) in [5.41, 5.74) is -0.186. The Kier molecular flexibility index (Phi) is 4.59. The number of esters is 1. The van der Waals surface area contributed by atoms with E-state index in [9.17, 15) is 14.9 Å². The van der Waals surface area contributed by atoms with Crippen LogP contribution in [0.3, 0.4) is 0 Å². The fraction of sp³-hybridized carbons (Fsp3) is 0.500. The molecular formula is C12H14ClN3O5. The first kappa shape index (κ1) is 15.5. The molecule has 0 bridgehead atoms. The number of morpholine rings is 1. The molecule has 0 spiro atoms. The highest BCUT2D eigenvalue weighted by atomic mass is 35.5. The second-order valence-corrected chi connectivity index (χ2v) is 5.03. The molecule has 1 unspecified atom stereocenters. The number of aromatic nitrogens is 1. The Labute approximate surface area is 125 Å². The number of rotatable bonds is 3. The maximum Gasteiger partial charge on any atom is 0.336 e. The van der Waals surface area contributed by atoms with E-state index >= 15 is 0 Å². The minimum atomic E-state index is -0.744. The van der Waals surface area contributed by atoms with Crippen LogP contribution in [0.25, 0.3) is 0 Å². The Morgan fingerprint density at radius 1 is 1.62 bits per heavy atom. The van der Waals surface area contributed by atoms with Crippen LogP contribution in [0.1, 0.15) is 6.92 Å². The van der Waals surface area contributed by atoms with Crippen LogP contribution in [0.5, 0.6) is 0 Å². The number of anilines is 1. The molecule has 1 saturated heterocycles. The first-order valence-electron chi connectivity index (χ1n) is 6.20. The van der Waals surface area contributed by atoms with Gasteiger partial charge in [-0.05, 0) is 6.92 Å². The van der Waals surface area contributed by atoms with Crippen LogP contribution in [-0.4, -0.2) is 48.3 Å². The number of hydrogen-bond acceptors (Lipinski definition) is 7. The molecule has 0 radical (unpaired) electrons. The zero-order valence-corrected chi connectivity index (χ0v) is 12.2. The fourth-order valence-corrected chi connectivity index (χ4v) is 2.42. The second-order valence-electron chi connectivity index (χ2n) is 4.62. The van der Waals surface area contributed by atoms with Crippen LogP contribution in [-0.2, 0) is 14.3 Å². The molecular weight excluding hydrogens is 302 g/mol. The Morgan fingerprint density at radius 3 is 2.90 bits per heavy atom. The minimum absolute atomic E-state index is 0.155. The number of pyridine rings is 1. The summed E-state index contributed by atoms with van der Waals surface area (Å²) in [5.74, 6) is -0.101. The first-order valence-corrected chi connectivity index (χ1v) is 6.58. The highest BCUT2D eigenvalue weighted by molar-refractivity contribution is 6.33. The third kappa shape index (κ3) is 3.40. The number of methoxy groups -OCH3 is 1. The van der Waals surface area contributed by atoms with Gasteiger partial charge in [-0.3, -0.25) is 10.1 Å². The van der Waals surface area contributed by atoms with Gasteiger partial charge >= 0.3 is 5.97 Å². The molecule has 9 heteroatoms. The van der Waals surface area contributed by atoms with Crippen molar-refractivity contribution in [3.8, 4) is 0 Å². The van der Waals surface area contributed by atoms with Crippen molar-refractivity contribution in [2.24, 2.45) is 0 Å². The van der Waals surface area contributed by atoms with Crippen molar-refractivity contribution in [2.45, 2.75) is 19.1 Å². The lowest BCUT2D eigenvalue weighted by Gasteiger charge is -2.36. The molecule has 1 aromatic heterocycles. The molecule has 0 saturated carbocycles. The van der Waals surface area contributed by atoms with Gasteiger partial charge in [0.25, 0.3) is 5.69 Å². The summed E-state index contributed by atoms with van der Waals surface area (Å²) in [5, 5.41) is 10.8. The van der Waals surface area contributed by atoms with E-state index in [1.54, 1.807) is 11.8 Å². The topological polar surface area (TPSA) is 94.8 Å². The van der Waals surface area contributed by atoms with E-state index in [4.69, 9.17) is 16.3 Å². The predicted molar refractivity (Wildman–Crippen MR) is 74.5 cm³/mol. The third-order valence-corrected chi connectivity index (χ3v) is 3.32. The highest BCUT2D eigenvalue weighted by Crippen LogP contribution is 2.29. The SMILES string of the molecule is COC(=O)C1CN(c2ncc([N+](=O)[O-])cc2Cl)C[C@@H](C)O1. The maximum atomic E-state index is 11.6. The van der Waals surface area contributed by atoms with Gasteiger partial charge in [-0.2, -0.15) is 0 Å². The molecule has 1 aliphatic heterocycles. The Hall–Kier alpha value is -1.93. The van der Waals surface area contributed by atoms with Crippen molar-refractivity contribution < 1.29 is 19.2 Å². The molecule has 8 nitrogen and oxygen atoms in total. The van der Waals surface area contributed by atoms with E-state index in [1.807, 2.05) is 0 Å². The third-order valence-electron chi connectivity index (χ3n) is 3.04.